The van der Waals surface area contributed by atoms with Gasteiger partial charge in [-0.3, -0.25) is 0 Å². The molecule has 100 valence electrons. The first kappa shape index (κ1) is 14.5. The molecule has 0 aliphatic heterocycles. The summed E-state index contributed by atoms with van der Waals surface area (Å²) in [6.45, 7) is 2.05. The molecule has 0 radical (unpaired) electrons. The molecule has 1 heterocycles. The number of benzene rings is 1. The Hall–Kier alpha value is -0.890. The number of rotatable bonds is 3. The standard InChI is InChI=1S/C13H13BrIN3O/c1-3-9-11(15)12(16)18-13(17-9)8-6-7(14)4-5-10(8)19-2/h4-6H,3H2,1-2H3,(H2,16,17,18). The summed E-state index contributed by atoms with van der Waals surface area (Å²) in [5.74, 6) is 1.82. The van der Waals surface area contributed by atoms with Gasteiger partial charge in [0.1, 0.15) is 11.6 Å². The van der Waals surface area contributed by atoms with Gasteiger partial charge in [-0.15, -0.1) is 0 Å². The van der Waals surface area contributed by atoms with Crippen LogP contribution in [-0.4, -0.2) is 17.1 Å². The molecule has 0 unspecified atom stereocenters. The Morgan fingerprint density at radius 2 is 2.11 bits per heavy atom. The van der Waals surface area contributed by atoms with Crippen molar-refractivity contribution in [1.29, 1.82) is 0 Å². The molecule has 4 nitrogen and oxygen atoms in total. The van der Waals surface area contributed by atoms with E-state index in [1.165, 1.54) is 0 Å². The third-order valence-electron chi connectivity index (χ3n) is 2.68. The van der Waals surface area contributed by atoms with Crippen LogP contribution in [0.25, 0.3) is 11.4 Å². The molecule has 2 N–H and O–H groups in total. The maximum Gasteiger partial charge on any atom is 0.165 e. The van der Waals surface area contributed by atoms with Gasteiger partial charge in [0.15, 0.2) is 5.82 Å². The largest absolute Gasteiger partial charge is 0.496 e. The zero-order valence-electron chi connectivity index (χ0n) is 10.6. The molecule has 1 aromatic carbocycles. The summed E-state index contributed by atoms with van der Waals surface area (Å²) in [6.07, 6.45) is 0.814. The summed E-state index contributed by atoms with van der Waals surface area (Å²) < 4.78 is 7.22. The van der Waals surface area contributed by atoms with E-state index < -0.39 is 0 Å². The first-order valence-corrected chi connectivity index (χ1v) is 7.59. The number of anilines is 1. The second-order valence-electron chi connectivity index (χ2n) is 3.89. The van der Waals surface area contributed by atoms with Gasteiger partial charge in [0.25, 0.3) is 0 Å². The number of halogens is 2. The lowest BCUT2D eigenvalue weighted by molar-refractivity contribution is 0.416. The molecule has 0 atom stereocenters. The molecular formula is C13H13BrIN3O. The van der Waals surface area contributed by atoms with E-state index in [1.807, 2.05) is 25.1 Å². The maximum atomic E-state index is 5.95. The fraction of sp³-hybridized carbons (Fsp3) is 0.231. The zero-order valence-corrected chi connectivity index (χ0v) is 14.3. The summed E-state index contributed by atoms with van der Waals surface area (Å²) in [6, 6.07) is 5.72. The number of hydrogen-bond donors (Lipinski definition) is 1. The second-order valence-corrected chi connectivity index (χ2v) is 5.89. The van der Waals surface area contributed by atoms with Crippen molar-refractivity contribution in [2.45, 2.75) is 13.3 Å². The molecule has 1 aromatic heterocycles. The maximum absolute atomic E-state index is 5.95. The van der Waals surface area contributed by atoms with Crippen molar-refractivity contribution >= 4 is 44.3 Å². The summed E-state index contributed by atoms with van der Waals surface area (Å²) in [7, 11) is 1.63. The predicted molar refractivity (Wildman–Crippen MR) is 88.2 cm³/mol. The van der Waals surface area contributed by atoms with Crippen LogP contribution >= 0.6 is 38.5 Å². The molecule has 0 bridgehead atoms. The van der Waals surface area contributed by atoms with E-state index in [1.54, 1.807) is 7.11 Å². The highest BCUT2D eigenvalue weighted by molar-refractivity contribution is 14.1. The Balaban J connectivity index is 2.65. The average molecular weight is 434 g/mol. The Morgan fingerprint density at radius 1 is 1.37 bits per heavy atom. The van der Waals surface area contributed by atoms with Crippen LogP contribution in [-0.2, 0) is 6.42 Å². The quantitative estimate of drug-likeness (QED) is 0.750. The lowest BCUT2D eigenvalue weighted by Crippen LogP contribution is -2.05. The van der Waals surface area contributed by atoms with Crippen molar-refractivity contribution < 1.29 is 4.74 Å². The Bertz CT molecular complexity index is 619. The fourth-order valence-corrected chi connectivity index (χ4v) is 2.71. The minimum Gasteiger partial charge on any atom is -0.496 e. The number of ether oxygens (including phenoxy) is 1. The van der Waals surface area contributed by atoms with Crippen LogP contribution in [0.1, 0.15) is 12.6 Å². The van der Waals surface area contributed by atoms with Gasteiger partial charge in [-0.25, -0.2) is 9.97 Å². The van der Waals surface area contributed by atoms with Crippen molar-refractivity contribution in [3.8, 4) is 17.1 Å². The van der Waals surface area contributed by atoms with Gasteiger partial charge in [0, 0.05) is 4.47 Å². The molecule has 2 rings (SSSR count). The van der Waals surface area contributed by atoms with Gasteiger partial charge < -0.3 is 10.5 Å². The fourth-order valence-electron chi connectivity index (χ4n) is 1.72. The van der Waals surface area contributed by atoms with E-state index in [4.69, 9.17) is 10.5 Å². The van der Waals surface area contributed by atoms with Gasteiger partial charge in [0.2, 0.25) is 0 Å². The summed E-state index contributed by atoms with van der Waals surface area (Å²) >= 11 is 5.62. The van der Waals surface area contributed by atoms with Crippen molar-refractivity contribution in [2.24, 2.45) is 0 Å². The monoisotopic (exact) mass is 433 g/mol. The third-order valence-corrected chi connectivity index (χ3v) is 4.35. The summed E-state index contributed by atoms with van der Waals surface area (Å²) in [5.41, 5.74) is 7.73. The minimum absolute atomic E-state index is 0.504. The van der Waals surface area contributed by atoms with Crippen molar-refractivity contribution in [1.82, 2.24) is 9.97 Å². The number of aromatic nitrogens is 2. The number of methoxy groups -OCH3 is 1. The van der Waals surface area contributed by atoms with Gasteiger partial charge >= 0.3 is 0 Å². The smallest absolute Gasteiger partial charge is 0.165 e. The Morgan fingerprint density at radius 3 is 2.74 bits per heavy atom. The van der Waals surface area contributed by atoms with Gasteiger partial charge in [-0.1, -0.05) is 22.9 Å². The summed E-state index contributed by atoms with van der Waals surface area (Å²) in [4.78, 5) is 8.93. The number of nitrogens with two attached hydrogens (primary N) is 1. The molecule has 0 fully saturated rings. The van der Waals surface area contributed by atoms with E-state index in [2.05, 4.69) is 48.5 Å². The number of nitrogens with zero attached hydrogens (tertiary/aromatic N) is 2. The molecule has 0 aliphatic carbocycles. The lowest BCUT2D eigenvalue weighted by Gasteiger charge is -2.11. The van der Waals surface area contributed by atoms with E-state index in [0.29, 0.717) is 11.6 Å². The highest BCUT2D eigenvalue weighted by Crippen LogP contribution is 2.32. The predicted octanol–water partition coefficient (Wildman–Crippen LogP) is 3.66. The van der Waals surface area contributed by atoms with Crippen LogP contribution in [0, 0.1) is 3.57 Å². The second kappa shape index (κ2) is 6.04. The SMILES string of the molecule is CCc1nc(-c2cc(Br)ccc2OC)nc(N)c1I. The molecule has 0 aliphatic rings. The normalized spacial score (nSPS) is 10.5. The van der Waals surface area contributed by atoms with Crippen molar-refractivity contribution in [2.75, 3.05) is 12.8 Å². The van der Waals surface area contributed by atoms with Gasteiger partial charge in [0.05, 0.1) is 21.9 Å². The number of hydrogen-bond acceptors (Lipinski definition) is 4. The van der Waals surface area contributed by atoms with Crippen LogP contribution in [0.4, 0.5) is 5.82 Å². The average Bonchev–Trinajstić information content (AvgIpc) is 2.41. The van der Waals surface area contributed by atoms with Crippen molar-refractivity contribution in [3.63, 3.8) is 0 Å². The molecule has 0 amide bonds. The van der Waals surface area contributed by atoms with Crippen molar-refractivity contribution in [3.05, 3.63) is 31.9 Å². The Labute approximate surface area is 134 Å². The van der Waals surface area contributed by atoms with E-state index in [-0.39, 0.29) is 0 Å². The van der Waals surface area contributed by atoms with Gasteiger partial charge in [-0.05, 0) is 47.2 Å². The lowest BCUT2D eigenvalue weighted by atomic mass is 10.2. The molecule has 19 heavy (non-hydrogen) atoms. The molecule has 0 saturated carbocycles. The number of nitrogen functional groups attached to an aromatic ring is 1. The molecule has 2 aromatic rings. The molecular weight excluding hydrogens is 421 g/mol. The minimum atomic E-state index is 0.504. The first-order valence-electron chi connectivity index (χ1n) is 5.72. The van der Waals surface area contributed by atoms with Gasteiger partial charge in [-0.2, -0.15) is 0 Å². The topological polar surface area (TPSA) is 61.0 Å². The summed E-state index contributed by atoms with van der Waals surface area (Å²) in [5, 5.41) is 0. The van der Waals surface area contributed by atoms with E-state index in [0.717, 1.165) is 31.5 Å². The van der Waals surface area contributed by atoms with Crippen LogP contribution in [0.5, 0.6) is 5.75 Å². The first-order chi connectivity index (χ1) is 9.06. The van der Waals surface area contributed by atoms with E-state index in [9.17, 15) is 0 Å². The molecule has 0 spiro atoms. The third kappa shape index (κ3) is 3.00. The highest BCUT2D eigenvalue weighted by atomic mass is 127. The van der Waals surface area contributed by atoms with Crippen LogP contribution in [0.15, 0.2) is 22.7 Å². The number of aryl methyl sites for hydroxylation is 1. The Kier molecular flexibility index (Phi) is 4.62. The van der Waals surface area contributed by atoms with E-state index >= 15 is 0 Å². The zero-order chi connectivity index (χ0) is 14.0. The molecule has 6 heteroatoms. The van der Waals surface area contributed by atoms with Crippen LogP contribution in [0.3, 0.4) is 0 Å². The highest BCUT2D eigenvalue weighted by Gasteiger charge is 2.14. The molecule has 0 saturated heterocycles. The van der Waals surface area contributed by atoms with Crippen LogP contribution in [0.2, 0.25) is 0 Å². The van der Waals surface area contributed by atoms with Crippen LogP contribution < -0.4 is 10.5 Å².